The molecule has 1 aromatic rings. The summed E-state index contributed by atoms with van der Waals surface area (Å²) in [5.41, 5.74) is 0.989. The molecule has 0 spiro atoms. The molecule has 0 aliphatic carbocycles. The summed E-state index contributed by atoms with van der Waals surface area (Å²) >= 11 is 6.10. The van der Waals surface area contributed by atoms with Crippen molar-refractivity contribution in [2.45, 2.75) is 19.6 Å². The van der Waals surface area contributed by atoms with Crippen molar-refractivity contribution in [3.8, 4) is 11.5 Å². The number of halogens is 3. The minimum absolute atomic E-state index is 0.0561. The third-order valence-corrected chi connectivity index (χ3v) is 4.60. The lowest BCUT2D eigenvalue weighted by molar-refractivity contribution is -0.137. The molecule has 0 fully saturated rings. The molecule has 148 valence electrons. The molecule has 1 atom stereocenters. The number of esters is 1. The van der Waals surface area contributed by atoms with Crippen LogP contribution < -0.4 is 9.47 Å². The first-order chi connectivity index (χ1) is 12.6. The molecule has 0 bridgehead atoms. The molecule has 27 heavy (non-hydrogen) atoms. The Morgan fingerprint density at radius 1 is 1.26 bits per heavy atom. The Morgan fingerprint density at radius 3 is 2.41 bits per heavy atom. The van der Waals surface area contributed by atoms with Gasteiger partial charge in [0.2, 0.25) is 0 Å². The Kier molecular flexibility index (Phi) is 6.15. The van der Waals surface area contributed by atoms with Gasteiger partial charge in [-0.25, -0.2) is 9.59 Å². The molecule has 10 heteroatoms. The SMILES string of the molecule is COC(=O)C1=C(C)N(C)C(=O)N(C)[C@H]1c1cc(Cl)c(OC(F)F)c(OC)c1. The van der Waals surface area contributed by atoms with Crippen LogP contribution in [0.25, 0.3) is 0 Å². The molecule has 0 unspecified atom stereocenters. The zero-order valence-corrected chi connectivity index (χ0v) is 16.1. The van der Waals surface area contributed by atoms with Gasteiger partial charge < -0.3 is 24.0 Å². The number of benzene rings is 1. The second kappa shape index (κ2) is 7.99. The number of methoxy groups -OCH3 is 2. The van der Waals surface area contributed by atoms with E-state index in [1.807, 2.05) is 0 Å². The highest BCUT2D eigenvalue weighted by Crippen LogP contribution is 2.43. The zero-order chi connectivity index (χ0) is 20.5. The topological polar surface area (TPSA) is 68.3 Å². The first-order valence-corrected chi connectivity index (χ1v) is 8.13. The second-order valence-electron chi connectivity index (χ2n) is 5.76. The molecule has 0 saturated carbocycles. The lowest BCUT2D eigenvalue weighted by Crippen LogP contribution is -2.47. The van der Waals surface area contributed by atoms with E-state index in [0.717, 1.165) is 0 Å². The van der Waals surface area contributed by atoms with Crippen LogP contribution in [0.3, 0.4) is 0 Å². The molecular weight excluding hydrogens is 386 g/mol. The third kappa shape index (κ3) is 3.78. The van der Waals surface area contributed by atoms with Crippen LogP contribution in [0.2, 0.25) is 5.02 Å². The van der Waals surface area contributed by atoms with Gasteiger partial charge in [0, 0.05) is 19.8 Å². The molecule has 0 aromatic heterocycles. The fraction of sp³-hybridized carbons (Fsp3) is 0.412. The standard InChI is InChI=1S/C17H19ClF2N2O5/c1-8-12(15(23)26-5)13(22(3)17(24)21(8)2)9-6-10(18)14(27-16(19)20)11(7-9)25-4/h6-7,13,16H,1-5H3/t13-/m0/s1. The summed E-state index contributed by atoms with van der Waals surface area (Å²) in [6, 6.07) is 1.51. The van der Waals surface area contributed by atoms with E-state index in [-0.39, 0.29) is 28.1 Å². The summed E-state index contributed by atoms with van der Waals surface area (Å²) in [6.45, 7) is -1.49. The molecule has 1 heterocycles. The van der Waals surface area contributed by atoms with Crippen LogP contribution >= 0.6 is 11.6 Å². The first kappa shape index (κ1) is 20.8. The number of allylic oxidation sites excluding steroid dienone is 1. The smallest absolute Gasteiger partial charge is 0.387 e. The Morgan fingerprint density at radius 2 is 1.89 bits per heavy atom. The number of ether oxygens (including phenoxy) is 3. The molecule has 0 N–H and O–H groups in total. The van der Waals surface area contributed by atoms with Crippen molar-refractivity contribution in [2.75, 3.05) is 28.3 Å². The summed E-state index contributed by atoms with van der Waals surface area (Å²) in [6.07, 6.45) is 0. The van der Waals surface area contributed by atoms with Crippen LogP contribution in [0.5, 0.6) is 11.5 Å². The van der Waals surface area contributed by atoms with Crippen molar-refractivity contribution >= 4 is 23.6 Å². The average Bonchev–Trinajstić information content (AvgIpc) is 2.63. The maximum atomic E-state index is 12.6. The number of amides is 2. The second-order valence-corrected chi connectivity index (χ2v) is 6.17. The van der Waals surface area contributed by atoms with Gasteiger partial charge in [0.1, 0.15) is 0 Å². The largest absolute Gasteiger partial charge is 0.493 e. The fourth-order valence-electron chi connectivity index (χ4n) is 2.92. The van der Waals surface area contributed by atoms with Crippen molar-refractivity contribution in [3.05, 3.63) is 34.0 Å². The molecule has 2 rings (SSSR count). The monoisotopic (exact) mass is 404 g/mol. The van der Waals surface area contributed by atoms with Gasteiger partial charge in [-0.1, -0.05) is 11.6 Å². The number of carbonyl (C=O) groups is 2. The number of likely N-dealkylation sites (N-methyl/N-ethyl adjacent to an activating group) is 1. The molecule has 1 aliphatic heterocycles. The zero-order valence-electron chi connectivity index (χ0n) is 15.4. The van der Waals surface area contributed by atoms with Gasteiger partial charge in [-0.2, -0.15) is 8.78 Å². The number of urea groups is 1. The quantitative estimate of drug-likeness (QED) is 0.703. The highest BCUT2D eigenvalue weighted by Gasteiger charge is 2.39. The minimum atomic E-state index is -3.09. The van der Waals surface area contributed by atoms with Gasteiger partial charge in [0.05, 0.1) is 30.9 Å². The van der Waals surface area contributed by atoms with Crippen LogP contribution in [0.1, 0.15) is 18.5 Å². The summed E-state index contributed by atoms with van der Waals surface area (Å²) in [5, 5.41) is -0.147. The van der Waals surface area contributed by atoms with Gasteiger partial charge in [-0.05, 0) is 24.6 Å². The number of carbonyl (C=O) groups excluding carboxylic acids is 2. The summed E-state index contributed by atoms with van der Waals surface area (Å²) < 4.78 is 39.6. The third-order valence-electron chi connectivity index (χ3n) is 4.32. The van der Waals surface area contributed by atoms with Gasteiger partial charge in [-0.15, -0.1) is 0 Å². The molecular formula is C17H19ClF2N2O5. The average molecular weight is 405 g/mol. The van der Waals surface area contributed by atoms with Crippen molar-refractivity contribution in [3.63, 3.8) is 0 Å². The molecule has 0 saturated heterocycles. The normalized spacial score (nSPS) is 17.5. The Labute approximate surface area is 160 Å². The first-order valence-electron chi connectivity index (χ1n) is 7.75. The van der Waals surface area contributed by atoms with E-state index >= 15 is 0 Å². The predicted octanol–water partition coefficient (Wildman–Crippen LogP) is 3.44. The number of rotatable bonds is 5. The summed E-state index contributed by atoms with van der Waals surface area (Å²) in [5.74, 6) is -1.02. The van der Waals surface area contributed by atoms with E-state index in [1.165, 1.54) is 50.2 Å². The highest BCUT2D eigenvalue weighted by atomic mass is 35.5. The predicted molar refractivity (Wildman–Crippen MR) is 93.0 cm³/mol. The molecule has 1 aromatic carbocycles. The Bertz CT molecular complexity index is 800. The van der Waals surface area contributed by atoms with Crippen molar-refractivity contribution in [2.24, 2.45) is 0 Å². The van der Waals surface area contributed by atoms with Gasteiger partial charge >= 0.3 is 18.6 Å². The van der Waals surface area contributed by atoms with E-state index in [2.05, 4.69) is 4.74 Å². The molecule has 2 amide bonds. The van der Waals surface area contributed by atoms with Gasteiger partial charge in [-0.3, -0.25) is 0 Å². The Balaban J connectivity index is 2.68. The van der Waals surface area contributed by atoms with Crippen LogP contribution in [0, 0.1) is 0 Å². The fourth-order valence-corrected chi connectivity index (χ4v) is 3.19. The van der Waals surface area contributed by atoms with Gasteiger partial charge in [0.25, 0.3) is 0 Å². The van der Waals surface area contributed by atoms with Crippen LogP contribution in [-0.2, 0) is 9.53 Å². The van der Waals surface area contributed by atoms with Crippen LogP contribution in [-0.4, -0.2) is 56.7 Å². The van der Waals surface area contributed by atoms with E-state index < -0.39 is 18.6 Å². The van der Waals surface area contributed by atoms with Crippen LogP contribution in [0.4, 0.5) is 13.6 Å². The number of alkyl halides is 2. The van der Waals surface area contributed by atoms with Crippen molar-refractivity contribution < 1.29 is 32.6 Å². The molecule has 7 nitrogen and oxygen atoms in total. The van der Waals surface area contributed by atoms with E-state index in [1.54, 1.807) is 6.92 Å². The van der Waals surface area contributed by atoms with E-state index in [9.17, 15) is 18.4 Å². The number of nitrogens with zero attached hydrogens (tertiary/aromatic N) is 2. The summed E-state index contributed by atoms with van der Waals surface area (Å²) in [7, 11) is 5.52. The number of hydrogen-bond donors (Lipinski definition) is 0. The lowest BCUT2D eigenvalue weighted by Gasteiger charge is -2.39. The lowest BCUT2D eigenvalue weighted by atomic mass is 9.93. The maximum absolute atomic E-state index is 12.6. The minimum Gasteiger partial charge on any atom is -0.493 e. The van der Waals surface area contributed by atoms with E-state index in [0.29, 0.717) is 11.3 Å². The summed E-state index contributed by atoms with van der Waals surface area (Å²) in [4.78, 5) is 27.5. The molecule has 1 aliphatic rings. The van der Waals surface area contributed by atoms with Gasteiger partial charge in [0.15, 0.2) is 11.5 Å². The van der Waals surface area contributed by atoms with Crippen LogP contribution in [0.15, 0.2) is 23.4 Å². The highest BCUT2D eigenvalue weighted by molar-refractivity contribution is 6.32. The molecule has 0 radical (unpaired) electrons. The van der Waals surface area contributed by atoms with Crippen molar-refractivity contribution in [1.29, 1.82) is 0 Å². The maximum Gasteiger partial charge on any atom is 0.387 e. The van der Waals surface area contributed by atoms with E-state index in [4.69, 9.17) is 21.1 Å². The Hall–Kier alpha value is -2.55. The number of hydrogen-bond acceptors (Lipinski definition) is 5. The van der Waals surface area contributed by atoms with Crippen molar-refractivity contribution in [1.82, 2.24) is 9.80 Å².